The third kappa shape index (κ3) is 3.70. The quantitative estimate of drug-likeness (QED) is 0.730. The number of fused-ring (bicyclic) bond motifs is 1. The molecule has 1 N–H and O–H groups in total. The van der Waals surface area contributed by atoms with Crippen LogP contribution in [0.3, 0.4) is 0 Å². The highest BCUT2D eigenvalue weighted by Crippen LogP contribution is 2.21. The molecule has 9 heteroatoms. The zero-order chi connectivity index (χ0) is 17.3. The van der Waals surface area contributed by atoms with Crippen LogP contribution in [-0.2, 0) is 16.4 Å². The maximum absolute atomic E-state index is 12.9. The van der Waals surface area contributed by atoms with Crippen LogP contribution in [0.5, 0.6) is 0 Å². The first kappa shape index (κ1) is 17.2. The number of halogens is 3. The first-order valence-electron chi connectivity index (χ1n) is 6.93. The van der Waals surface area contributed by atoms with E-state index >= 15 is 0 Å². The smallest absolute Gasteiger partial charge is 0.240 e. The number of imidazole rings is 1. The molecule has 0 unspecified atom stereocenters. The van der Waals surface area contributed by atoms with Gasteiger partial charge in [0.05, 0.1) is 20.6 Å². The van der Waals surface area contributed by atoms with Gasteiger partial charge in [-0.2, -0.15) is 0 Å². The Morgan fingerprint density at radius 1 is 1.17 bits per heavy atom. The Labute approximate surface area is 148 Å². The standard InChI is InChI=1S/C15H12Cl2FN3O2S/c16-10-7-14(17)15-20-12(9-21(15)8-10)5-6-19-24(22,23)13-3-1-11(18)2-4-13/h1-4,7-9,19H,5-6H2. The molecule has 0 bridgehead atoms. The van der Waals surface area contributed by atoms with Gasteiger partial charge in [0.1, 0.15) is 5.82 Å². The summed E-state index contributed by atoms with van der Waals surface area (Å²) in [5.41, 5.74) is 1.22. The lowest BCUT2D eigenvalue weighted by atomic mass is 10.3. The Balaban J connectivity index is 1.70. The molecule has 0 atom stereocenters. The largest absolute Gasteiger partial charge is 0.304 e. The van der Waals surface area contributed by atoms with Gasteiger partial charge in [-0.1, -0.05) is 23.2 Å². The number of nitrogens with one attached hydrogen (secondary N) is 1. The van der Waals surface area contributed by atoms with Gasteiger partial charge in [0.2, 0.25) is 10.0 Å². The van der Waals surface area contributed by atoms with Crippen molar-refractivity contribution >= 4 is 38.9 Å². The molecule has 0 radical (unpaired) electrons. The molecule has 2 aromatic heterocycles. The van der Waals surface area contributed by atoms with E-state index in [2.05, 4.69) is 9.71 Å². The highest BCUT2D eigenvalue weighted by atomic mass is 35.5. The van der Waals surface area contributed by atoms with E-state index in [-0.39, 0.29) is 11.4 Å². The maximum Gasteiger partial charge on any atom is 0.240 e. The molecule has 0 aliphatic carbocycles. The second kappa shape index (κ2) is 6.68. The topological polar surface area (TPSA) is 63.5 Å². The number of nitrogens with zero attached hydrogens (tertiary/aromatic N) is 2. The van der Waals surface area contributed by atoms with E-state index in [0.717, 1.165) is 12.1 Å². The lowest BCUT2D eigenvalue weighted by molar-refractivity contribution is 0.580. The number of benzene rings is 1. The van der Waals surface area contributed by atoms with Gasteiger partial charge in [-0.05, 0) is 30.3 Å². The van der Waals surface area contributed by atoms with E-state index in [1.807, 2.05) is 0 Å². The maximum atomic E-state index is 12.9. The number of hydrogen-bond donors (Lipinski definition) is 1. The van der Waals surface area contributed by atoms with E-state index in [9.17, 15) is 12.8 Å². The predicted molar refractivity (Wildman–Crippen MR) is 90.5 cm³/mol. The molecule has 0 aliphatic rings. The van der Waals surface area contributed by atoms with Crippen molar-refractivity contribution in [3.05, 3.63) is 64.3 Å². The summed E-state index contributed by atoms with van der Waals surface area (Å²) in [4.78, 5) is 4.35. The molecule has 126 valence electrons. The van der Waals surface area contributed by atoms with Crippen LogP contribution in [-0.4, -0.2) is 24.3 Å². The predicted octanol–water partition coefficient (Wildman–Crippen LogP) is 3.30. The summed E-state index contributed by atoms with van der Waals surface area (Å²) < 4.78 is 41.2. The van der Waals surface area contributed by atoms with Crippen LogP contribution in [0.2, 0.25) is 10.0 Å². The number of hydrogen-bond acceptors (Lipinski definition) is 3. The van der Waals surface area contributed by atoms with Gasteiger partial charge in [-0.25, -0.2) is 22.5 Å². The minimum Gasteiger partial charge on any atom is -0.304 e. The molecule has 0 amide bonds. The van der Waals surface area contributed by atoms with Crippen molar-refractivity contribution in [3.63, 3.8) is 0 Å². The fourth-order valence-corrected chi connectivity index (χ4v) is 3.77. The molecule has 0 saturated carbocycles. The molecule has 3 rings (SSSR count). The zero-order valence-electron chi connectivity index (χ0n) is 12.2. The Kier molecular flexibility index (Phi) is 4.78. The summed E-state index contributed by atoms with van der Waals surface area (Å²) in [7, 11) is -3.69. The van der Waals surface area contributed by atoms with E-state index < -0.39 is 15.8 Å². The number of rotatable bonds is 5. The van der Waals surface area contributed by atoms with E-state index in [1.165, 1.54) is 12.1 Å². The zero-order valence-corrected chi connectivity index (χ0v) is 14.5. The molecule has 5 nitrogen and oxygen atoms in total. The highest BCUT2D eigenvalue weighted by molar-refractivity contribution is 7.89. The highest BCUT2D eigenvalue weighted by Gasteiger charge is 2.14. The van der Waals surface area contributed by atoms with Gasteiger partial charge >= 0.3 is 0 Å². The van der Waals surface area contributed by atoms with E-state index in [0.29, 0.717) is 27.8 Å². The average Bonchev–Trinajstić information content (AvgIpc) is 2.90. The van der Waals surface area contributed by atoms with Crippen molar-refractivity contribution in [1.29, 1.82) is 0 Å². The van der Waals surface area contributed by atoms with Gasteiger partial charge in [0, 0.05) is 25.4 Å². The van der Waals surface area contributed by atoms with Gasteiger partial charge in [-0.15, -0.1) is 0 Å². The summed E-state index contributed by atoms with van der Waals surface area (Å²) in [6, 6.07) is 6.21. The van der Waals surface area contributed by atoms with Crippen LogP contribution in [0.15, 0.2) is 47.6 Å². The molecule has 1 aromatic carbocycles. The lowest BCUT2D eigenvalue weighted by Crippen LogP contribution is -2.26. The molecular weight excluding hydrogens is 376 g/mol. The Hall–Kier alpha value is -1.67. The van der Waals surface area contributed by atoms with Gasteiger partial charge < -0.3 is 4.40 Å². The van der Waals surface area contributed by atoms with Crippen LogP contribution in [0.4, 0.5) is 4.39 Å². The monoisotopic (exact) mass is 387 g/mol. The van der Waals surface area contributed by atoms with E-state index in [1.54, 1.807) is 22.9 Å². The van der Waals surface area contributed by atoms with Gasteiger partial charge in [-0.3, -0.25) is 0 Å². The number of sulfonamides is 1. The normalized spacial score (nSPS) is 12.0. The number of aromatic nitrogens is 2. The summed E-state index contributed by atoms with van der Waals surface area (Å²) in [6.07, 6.45) is 3.78. The SMILES string of the molecule is O=S(=O)(NCCc1cn2cc(Cl)cc(Cl)c2n1)c1ccc(F)cc1. The second-order valence-corrected chi connectivity index (χ2v) is 7.68. The first-order valence-corrected chi connectivity index (χ1v) is 9.17. The molecule has 24 heavy (non-hydrogen) atoms. The third-order valence-electron chi connectivity index (χ3n) is 3.32. The van der Waals surface area contributed by atoms with Crippen molar-refractivity contribution < 1.29 is 12.8 Å². The van der Waals surface area contributed by atoms with Crippen LogP contribution in [0.25, 0.3) is 5.65 Å². The summed E-state index contributed by atoms with van der Waals surface area (Å²) in [6.45, 7) is 0.148. The molecule has 0 saturated heterocycles. The molecule has 0 aliphatic heterocycles. The van der Waals surface area contributed by atoms with Crippen LogP contribution in [0.1, 0.15) is 5.69 Å². The summed E-state index contributed by atoms with van der Waals surface area (Å²) in [5, 5.41) is 0.897. The molecule has 3 aromatic rings. The number of pyridine rings is 1. The van der Waals surface area contributed by atoms with Gasteiger partial charge in [0.25, 0.3) is 0 Å². The molecular formula is C15H12Cl2FN3O2S. The minimum absolute atomic E-state index is 0.00808. The van der Waals surface area contributed by atoms with Crippen LogP contribution >= 0.6 is 23.2 Å². The lowest BCUT2D eigenvalue weighted by Gasteiger charge is -2.05. The van der Waals surface area contributed by atoms with Crippen molar-refractivity contribution in [2.75, 3.05) is 6.54 Å². The Morgan fingerprint density at radius 3 is 2.58 bits per heavy atom. The Morgan fingerprint density at radius 2 is 1.88 bits per heavy atom. The molecule has 0 fully saturated rings. The van der Waals surface area contributed by atoms with Crippen LogP contribution < -0.4 is 4.72 Å². The average molecular weight is 388 g/mol. The molecule has 2 heterocycles. The van der Waals surface area contributed by atoms with Gasteiger partial charge in [0.15, 0.2) is 5.65 Å². The fourth-order valence-electron chi connectivity index (χ4n) is 2.21. The molecule has 0 spiro atoms. The fraction of sp³-hybridized carbons (Fsp3) is 0.133. The first-order chi connectivity index (χ1) is 11.3. The van der Waals surface area contributed by atoms with Crippen molar-refractivity contribution in [3.8, 4) is 0 Å². The summed E-state index contributed by atoms with van der Waals surface area (Å²) in [5.74, 6) is -0.491. The second-order valence-electron chi connectivity index (χ2n) is 5.07. The van der Waals surface area contributed by atoms with Crippen molar-refractivity contribution in [2.24, 2.45) is 0 Å². The van der Waals surface area contributed by atoms with E-state index in [4.69, 9.17) is 23.2 Å². The van der Waals surface area contributed by atoms with Crippen molar-refractivity contribution in [2.45, 2.75) is 11.3 Å². The van der Waals surface area contributed by atoms with Crippen molar-refractivity contribution in [1.82, 2.24) is 14.1 Å². The van der Waals surface area contributed by atoms with Crippen LogP contribution in [0, 0.1) is 5.82 Å². The third-order valence-corrected chi connectivity index (χ3v) is 5.28. The summed E-state index contributed by atoms with van der Waals surface area (Å²) >= 11 is 12.0. The Bertz CT molecular complexity index is 988. The minimum atomic E-state index is -3.69.